The highest BCUT2D eigenvalue weighted by Gasteiger charge is 1.98. The first kappa shape index (κ1) is 10.7. The molecule has 0 aliphatic heterocycles. The molecule has 0 aliphatic carbocycles. The van der Waals surface area contributed by atoms with Gasteiger partial charge in [0.1, 0.15) is 0 Å². The largest absolute Gasteiger partial charge is 0.249 e. The predicted octanol–water partition coefficient (Wildman–Crippen LogP) is 2.39. The molecule has 0 N–H and O–H groups in total. The zero-order valence-electron chi connectivity index (χ0n) is 8.11. The van der Waals surface area contributed by atoms with Gasteiger partial charge in [0, 0.05) is 9.59 Å². The number of hydrogen-bond acceptors (Lipinski definition) is 1. The summed E-state index contributed by atoms with van der Waals surface area (Å²) in [5, 5.41) is 0. The maximum absolute atomic E-state index is 11.6. The third-order valence-electron chi connectivity index (χ3n) is 1.53. The summed E-state index contributed by atoms with van der Waals surface area (Å²) in [7, 11) is -0.811. The Morgan fingerprint density at radius 2 is 1.69 bits per heavy atom. The fourth-order valence-electron chi connectivity index (χ4n) is 0.903. The smallest absolute Gasteiger partial charge is 0.0831 e. The molecular weight excluding hydrogens is 200 g/mol. The molecule has 0 radical (unpaired) electrons. The third-order valence-corrected chi connectivity index (χ3v) is 4.51. The summed E-state index contributed by atoms with van der Waals surface area (Å²) in [6.45, 7) is 2.03. The SMILES string of the molecule is Cc1ccc([S@](=O)C=S(C)C)cc1. The van der Waals surface area contributed by atoms with E-state index in [4.69, 9.17) is 0 Å². The average molecular weight is 214 g/mol. The van der Waals surface area contributed by atoms with Crippen molar-refractivity contribution in [2.45, 2.75) is 11.8 Å². The lowest BCUT2D eigenvalue weighted by atomic mass is 10.2. The van der Waals surface area contributed by atoms with Gasteiger partial charge in [0.05, 0.1) is 10.8 Å². The molecule has 1 rings (SSSR count). The monoisotopic (exact) mass is 214 g/mol. The maximum Gasteiger partial charge on any atom is 0.0831 e. The second-order valence-corrected chi connectivity index (χ2v) is 6.68. The number of benzene rings is 1. The first-order valence-electron chi connectivity index (χ1n) is 3.98. The van der Waals surface area contributed by atoms with Crippen LogP contribution >= 0.6 is 10.5 Å². The van der Waals surface area contributed by atoms with Crippen molar-refractivity contribution in [2.75, 3.05) is 12.5 Å². The molecule has 0 amide bonds. The van der Waals surface area contributed by atoms with Crippen LogP contribution in [-0.2, 0) is 10.8 Å². The highest BCUT2D eigenvalue weighted by molar-refractivity contribution is 8.26. The Hall–Kier alpha value is -0.410. The Kier molecular flexibility index (Phi) is 3.88. The van der Waals surface area contributed by atoms with Gasteiger partial charge in [-0.3, -0.25) is 0 Å². The zero-order valence-corrected chi connectivity index (χ0v) is 9.74. The van der Waals surface area contributed by atoms with E-state index in [-0.39, 0.29) is 10.5 Å². The summed E-state index contributed by atoms with van der Waals surface area (Å²) >= 11 is 0. The molecule has 0 saturated carbocycles. The van der Waals surface area contributed by atoms with Gasteiger partial charge in [0.15, 0.2) is 0 Å². The molecule has 1 aromatic carbocycles. The lowest BCUT2D eigenvalue weighted by Gasteiger charge is -1.98. The Bertz CT molecular complexity index is 334. The second kappa shape index (κ2) is 4.72. The number of hydrogen-bond donors (Lipinski definition) is 0. The van der Waals surface area contributed by atoms with E-state index in [1.54, 1.807) is 0 Å². The van der Waals surface area contributed by atoms with Gasteiger partial charge in [-0.1, -0.05) is 17.7 Å². The molecule has 1 nitrogen and oxygen atoms in total. The van der Waals surface area contributed by atoms with Crippen LogP contribution < -0.4 is 0 Å². The molecule has 0 aliphatic rings. The molecule has 3 heteroatoms. The lowest BCUT2D eigenvalue weighted by Crippen LogP contribution is -1.91. The van der Waals surface area contributed by atoms with Crippen molar-refractivity contribution in [1.82, 2.24) is 0 Å². The van der Waals surface area contributed by atoms with Crippen molar-refractivity contribution in [1.29, 1.82) is 0 Å². The van der Waals surface area contributed by atoms with E-state index in [0.717, 1.165) is 4.90 Å². The highest BCUT2D eigenvalue weighted by atomic mass is 32.2. The number of aryl methyl sites for hydroxylation is 1. The molecule has 1 atom stereocenters. The Morgan fingerprint density at radius 3 is 2.15 bits per heavy atom. The number of rotatable bonds is 2. The lowest BCUT2D eigenvalue weighted by molar-refractivity contribution is 0.690. The van der Waals surface area contributed by atoms with Crippen molar-refractivity contribution in [3.8, 4) is 0 Å². The minimum atomic E-state index is -0.934. The standard InChI is InChI=1S/C10H14OS2/c1-9-4-6-10(7-5-9)13(11)8-12(2)3/h4-8H,1-3H3/t13-/m1/s1. The molecule has 1 aromatic rings. The van der Waals surface area contributed by atoms with Gasteiger partial charge in [-0.25, -0.2) is 4.21 Å². The predicted molar refractivity (Wildman–Crippen MR) is 63.1 cm³/mol. The van der Waals surface area contributed by atoms with E-state index in [1.165, 1.54) is 5.56 Å². The van der Waals surface area contributed by atoms with Crippen LogP contribution in [-0.4, -0.2) is 21.4 Å². The molecule has 0 aromatic heterocycles. The van der Waals surface area contributed by atoms with E-state index in [2.05, 4.69) is 12.5 Å². The van der Waals surface area contributed by atoms with Gasteiger partial charge in [0.25, 0.3) is 0 Å². The van der Waals surface area contributed by atoms with Gasteiger partial charge in [0.2, 0.25) is 0 Å². The normalized spacial score (nSPS) is 12.9. The fourth-order valence-corrected chi connectivity index (χ4v) is 3.15. The summed E-state index contributed by atoms with van der Waals surface area (Å²) in [4.78, 5) is 0.895. The van der Waals surface area contributed by atoms with Crippen LogP contribution in [0.15, 0.2) is 29.2 Å². The van der Waals surface area contributed by atoms with E-state index >= 15 is 0 Å². The van der Waals surface area contributed by atoms with Crippen LogP contribution in [0, 0.1) is 6.92 Å². The van der Waals surface area contributed by atoms with Crippen molar-refractivity contribution in [2.24, 2.45) is 0 Å². The van der Waals surface area contributed by atoms with E-state index in [9.17, 15) is 4.21 Å². The first-order valence-corrected chi connectivity index (χ1v) is 7.30. The fraction of sp³-hybridized carbons (Fsp3) is 0.300. The maximum atomic E-state index is 11.6. The van der Waals surface area contributed by atoms with Crippen LogP contribution in [0.2, 0.25) is 0 Å². The van der Waals surface area contributed by atoms with E-state index < -0.39 is 10.8 Å². The van der Waals surface area contributed by atoms with Crippen LogP contribution in [0.4, 0.5) is 0 Å². The van der Waals surface area contributed by atoms with Crippen LogP contribution in [0.3, 0.4) is 0 Å². The molecular formula is C10H14OS2. The van der Waals surface area contributed by atoms with Crippen molar-refractivity contribution < 1.29 is 4.21 Å². The van der Waals surface area contributed by atoms with Crippen LogP contribution in [0.5, 0.6) is 0 Å². The van der Waals surface area contributed by atoms with Crippen LogP contribution in [0.25, 0.3) is 0 Å². The topological polar surface area (TPSA) is 17.1 Å². The Labute approximate surface area is 84.6 Å². The first-order chi connectivity index (χ1) is 6.09. The molecule has 0 spiro atoms. The molecule has 0 heterocycles. The molecule has 72 valence electrons. The Balaban J connectivity index is 2.90. The zero-order chi connectivity index (χ0) is 9.84. The van der Waals surface area contributed by atoms with E-state index in [1.807, 2.05) is 35.9 Å². The second-order valence-electron chi connectivity index (χ2n) is 3.09. The highest BCUT2D eigenvalue weighted by Crippen LogP contribution is 2.09. The van der Waals surface area contributed by atoms with Crippen LogP contribution in [0.1, 0.15) is 5.56 Å². The van der Waals surface area contributed by atoms with Gasteiger partial charge in [-0.15, -0.1) is 0 Å². The molecule has 0 fully saturated rings. The van der Waals surface area contributed by atoms with Gasteiger partial charge in [-0.05, 0) is 31.6 Å². The minimum absolute atomic E-state index is 0.123. The molecule has 0 bridgehead atoms. The van der Waals surface area contributed by atoms with Gasteiger partial charge in [-0.2, -0.15) is 10.5 Å². The van der Waals surface area contributed by atoms with E-state index in [0.29, 0.717) is 0 Å². The minimum Gasteiger partial charge on any atom is -0.249 e. The summed E-state index contributed by atoms with van der Waals surface area (Å²) in [6, 6.07) is 7.83. The van der Waals surface area contributed by atoms with Gasteiger partial charge < -0.3 is 0 Å². The molecule has 0 unspecified atom stereocenters. The average Bonchev–Trinajstić information content (AvgIpc) is 2.04. The van der Waals surface area contributed by atoms with Crippen molar-refractivity contribution in [3.05, 3.63) is 29.8 Å². The summed E-state index contributed by atoms with van der Waals surface area (Å²) < 4.78 is 13.5. The molecule has 0 saturated heterocycles. The molecule has 13 heavy (non-hydrogen) atoms. The Morgan fingerprint density at radius 1 is 1.15 bits per heavy atom. The van der Waals surface area contributed by atoms with Crippen molar-refractivity contribution >= 4 is 26.0 Å². The quantitative estimate of drug-likeness (QED) is 0.691. The summed E-state index contributed by atoms with van der Waals surface area (Å²) in [5.74, 6) is 0. The van der Waals surface area contributed by atoms with Gasteiger partial charge >= 0.3 is 0 Å². The summed E-state index contributed by atoms with van der Waals surface area (Å²) in [5.41, 5.74) is 1.20. The summed E-state index contributed by atoms with van der Waals surface area (Å²) in [6.07, 6.45) is 4.12. The van der Waals surface area contributed by atoms with Crippen molar-refractivity contribution in [3.63, 3.8) is 0 Å². The third kappa shape index (κ3) is 3.44.